The number of nitrogens with zero attached hydrogens (tertiary/aromatic N) is 10. The van der Waals surface area contributed by atoms with Gasteiger partial charge in [0.15, 0.2) is 42.1 Å². The van der Waals surface area contributed by atoms with Crippen molar-refractivity contribution in [2.24, 2.45) is 0 Å². The van der Waals surface area contributed by atoms with Crippen LogP contribution >= 0.6 is 37.0 Å². The number of rotatable bonds is 20. The molecule has 0 spiro atoms. The van der Waals surface area contributed by atoms with Crippen molar-refractivity contribution in [3.05, 3.63) is 451 Å². The number of thiophene rings is 2. The second kappa shape index (κ2) is 44.9. The van der Waals surface area contributed by atoms with Crippen LogP contribution in [0, 0.1) is 0 Å². The molecule has 0 bridgehead atoms. The number of benzene rings is 14. The van der Waals surface area contributed by atoms with E-state index in [-0.39, 0.29) is 5.66 Å². The van der Waals surface area contributed by atoms with Crippen LogP contribution in [0.15, 0.2) is 423 Å². The molecule has 0 aliphatic carbocycles. The fourth-order valence-electron chi connectivity index (χ4n) is 15.7. The number of imidazole rings is 2. The Morgan fingerprint density at radius 1 is 0.231 bits per heavy atom. The van der Waals surface area contributed by atoms with E-state index < -0.39 is 14.3 Å². The third-order valence-corrected chi connectivity index (χ3v) is 31.6. The highest BCUT2D eigenvalue weighted by atomic mass is 32.1. The van der Waals surface area contributed by atoms with Crippen LogP contribution < -0.4 is 26.5 Å². The van der Waals surface area contributed by atoms with Gasteiger partial charge in [-0.1, -0.05) is 435 Å². The molecule has 0 aliphatic heterocycles. The van der Waals surface area contributed by atoms with Crippen LogP contribution in [0.5, 0.6) is 0 Å². The van der Waals surface area contributed by atoms with Gasteiger partial charge in [0, 0.05) is 77.3 Å². The smallest absolute Gasteiger partial charge is 0.174 e. The normalized spacial score (nSPS) is 11.3. The number of aromatic nitrogens is 10. The molecule has 0 unspecified atom stereocenters. The molecule has 0 aliphatic rings. The Balaban J connectivity index is 0.000000123. The van der Waals surface area contributed by atoms with E-state index in [4.69, 9.17) is 34.9 Å². The molecule has 0 atom stereocenters. The highest BCUT2D eigenvalue weighted by molar-refractivity contribution is 7.85. The molecular weight excluding hydrogens is 1720 g/mol. The molecule has 0 amide bonds. The Hall–Kier alpha value is -14.1. The second-order valence-corrected chi connectivity index (χ2v) is 42.5. The van der Waals surface area contributed by atoms with Gasteiger partial charge in [0.1, 0.15) is 18.8 Å². The van der Waals surface area contributed by atoms with Crippen molar-refractivity contribution in [2.75, 3.05) is 0 Å². The zero-order chi connectivity index (χ0) is 93.5. The predicted octanol–water partition coefficient (Wildman–Crippen LogP) is 29.9. The van der Waals surface area contributed by atoms with Gasteiger partial charge in [-0.3, -0.25) is 9.13 Å². The maximum atomic E-state index is 14.1. The Morgan fingerprint density at radius 3 is 0.851 bits per heavy atom. The van der Waals surface area contributed by atoms with Crippen molar-refractivity contribution in [3.8, 4) is 89.7 Å². The lowest BCUT2D eigenvalue weighted by Crippen LogP contribution is -2.24. The maximum Gasteiger partial charge on any atom is 0.174 e. The van der Waals surface area contributed by atoms with Gasteiger partial charge in [-0.2, -0.15) is 0 Å². The summed E-state index contributed by atoms with van der Waals surface area (Å²) >= 11 is 3.29. The average molecular weight is 1830 g/mol. The van der Waals surface area contributed by atoms with Crippen LogP contribution in [0.4, 0.5) is 0 Å². The summed E-state index contributed by atoms with van der Waals surface area (Å²) in [6.07, 6.45) is 0. The minimum Gasteiger partial charge on any atom is -0.313 e. The minimum absolute atomic E-state index is 0.118. The molecular formula is C118H112N10O2P2S2. The Labute approximate surface area is 797 Å². The Kier molecular flexibility index (Phi) is 31.7. The molecule has 20 aromatic rings. The highest BCUT2D eigenvalue weighted by Gasteiger charge is 2.32. The molecule has 20 rings (SSSR count). The zero-order valence-corrected chi connectivity index (χ0v) is 81.3. The third kappa shape index (κ3) is 22.8. The molecule has 668 valence electrons. The summed E-state index contributed by atoms with van der Waals surface area (Å²) in [5.41, 5.74) is 17.2. The summed E-state index contributed by atoms with van der Waals surface area (Å²) in [4.78, 5) is 40.1. The Bertz CT molecular complexity index is 6980. The zero-order valence-electron chi connectivity index (χ0n) is 77.9. The first-order valence-electron chi connectivity index (χ1n) is 45.8. The molecule has 0 fully saturated rings. The lowest BCUT2D eigenvalue weighted by molar-refractivity contribution is 0.581. The van der Waals surface area contributed by atoms with Gasteiger partial charge < -0.3 is 9.13 Å². The molecule has 0 radical (unpaired) electrons. The fourth-order valence-corrected chi connectivity index (χ4v) is 22.4. The van der Waals surface area contributed by atoms with E-state index in [1.165, 1.54) is 33.5 Å². The summed E-state index contributed by atoms with van der Waals surface area (Å²) in [6, 6.07) is 139. The highest BCUT2D eigenvalue weighted by Crippen LogP contribution is 2.48. The first-order chi connectivity index (χ1) is 65.2. The van der Waals surface area contributed by atoms with Gasteiger partial charge in [-0.15, -0.1) is 22.7 Å². The van der Waals surface area contributed by atoms with Crippen LogP contribution in [-0.2, 0) is 9.13 Å². The molecule has 16 heteroatoms. The lowest BCUT2D eigenvalue weighted by atomic mass is 10.0. The fraction of sp³-hybridized carbons (Fsp3) is 0.153. The maximum absolute atomic E-state index is 14.1. The van der Waals surface area contributed by atoms with Crippen molar-refractivity contribution in [1.82, 2.24) is 49.0 Å². The van der Waals surface area contributed by atoms with Crippen LogP contribution in [0.3, 0.4) is 0 Å². The molecule has 0 saturated carbocycles. The van der Waals surface area contributed by atoms with E-state index in [9.17, 15) is 9.13 Å². The van der Waals surface area contributed by atoms with Crippen LogP contribution in [0.2, 0.25) is 0 Å². The first kappa shape index (κ1) is 94.5. The third-order valence-electron chi connectivity index (χ3n) is 23.2. The van der Waals surface area contributed by atoms with Gasteiger partial charge >= 0.3 is 0 Å². The molecule has 14 aromatic carbocycles. The molecule has 6 heterocycles. The molecule has 6 aromatic heterocycles. The molecule has 0 saturated heterocycles. The summed E-state index contributed by atoms with van der Waals surface area (Å²) in [6.45, 7) is 26.0. The second-order valence-electron chi connectivity index (χ2n) is 34.5. The first-order valence-corrected chi connectivity index (χ1v) is 51.0. The summed E-state index contributed by atoms with van der Waals surface area (Å²) in [5.74, 6) is 8.76. The quantitative estimate of drug-likeness (QED) is 0.0676. The van der Waals surface area contributed by atoms with E-state index in [2.05, 4.69) is 253 Å². The number of hydrogen-bond donors (Lipinski definition) is 0. The summed E-state index contributed by atoms with van der Waals surface area (Å²) in [7, 11) is -5.32. The summed E-state index contributed by atoms with van der Waals surface area (Å²) < 4.78 is 31.9. The van der Waals surface area contributed by atoms with E-state index in [0.717, 1.165) is 115 Å². The average Bonchev–Trinajstić information content (AvgIpc) is 1.20. The van der Waals surface area contributed by atoms with Crippen LogP contribution in [-0.4, -0.2) is 54.7 Å². The van der Waals surface area contributed by atoms with Crippen LogP contribution in [0.25, 0.3) is 112 Å². The largest absolute Gasteiger partial charge is 0.313 e. The topological polar surface area (TPSA) is 147 Å². The predicted molar refractivity (Wildman–Crippen MR) is 567 cm³/mol. The van der Waals surface area contributed by atoms with Gasteiger partial charge in [0.05, 0.1) is 31.8 Å². The van der Waals surface area contributed by atoms with Crippen molar-refractivity contribution in [3.63, 3.8) is 0 Å². The van der Waals surface area contributed by atoms with Crippen molar-refractivity contribution >= 4 is 85.5 Å². The van der Waals surface area contributed by atoms with Gasteiger partial charge in [0.2, 0.25) is 0 Å². The molecule has 12 nitrogen and oxygen atoms in total. The van der Waals surface area contributed by atoms with E-state index in [1.807, 2.05) is 267 Å². The minimum atomic E-state index is -2.83. The van der Waals surface area contributed by atoms with Crippen molar-refractivity contribution in [1.29, 1.82) is 0 Å². The van der Waals surface area contributed by atoms with E-state index in [1.54, 1.807) is 22.7 Å². The van der Waals surface area contributed by atoms with Gasteiger partial charge in [-0.25, -0.2) is 39.9 Å². The standard InChI is InChI=1S/C24H21N3.C22H20N2.C21H21OP.C20H17N3S2.C16H16N2.C15H17OP/c1-17(2)18-13-15-21(16-14-18)24-26-22(19-9-5-3-6-10-19)25-23(27-24)20-11-7-4-8-12-20;1-16(2)17-12-14-18(15-13-17)22-23-20-10-6-7-11-21(20)24(22)19-8-4-3-5-9-19;1-17(2)18-13-15-21(16-14-18)23(22,19-9-5-3-6-10-19)20-11-7-4-8-12-20;1-13(2)14-7-9-15(10-8-14)18-21-19(16-5-3-11-24-16)23-20(22-18)17-6-4-12-25-17;1-12(2)16-17-14-10-6-7-11-15(14)18(16)13-8-4-3-5-9-13;1-13(2)17(16,14-9-5-3-6-10-14)15-11-7-4-8-12-15/h3-17H,1-2H3;3-16H,1-2H3;3-17H,1-2H3;3-13H,1-2H3;3-12H,1-2H3;3-13H,1-2H3. The Morgan fingerprint density at radius 2 is 0.507 bits per heavy atom. The van der Waals surface area contributed by atoms with Crippen molar-refractivity contribution < 1.29 is 9.13 Å². The lowest BCUT2D eigenvalue weighted by Gasteiger charge is -2.23. The summed E-state index contributed by atoms with van der Waals surface area (Å²) in [5, 5.41) is 8.62. The van der Waals surface area contributed by atoms with Crippen molar-refractivity contribution in [2.45, 2.75) is 118 Å². The van der Waals surface area contributed by atoms with Gasteiger partial charge in [0.25, 0.3) is 0 Å². The van der Waals surface area contributed by atoms with Gasteiger partial charge in [-0.05, 0) is 117 Å². The number of fused-ring (bicyclic) bond motifs is 2. The molecule has 0 N–H and O–H groups in total. The van der Waals surface area contributed by atoms with E-state index in [0.29, 0.717) is 47.1 Å². The molecule has 134 heavy (non-hydrogen) atoms. The van der Waals surface area contributed by atoms with E-state index >= 15 is 0 Å². The number of hydrogen-bond acceptors (Lipinski definition) is 12. The van der Waals surface area contributed by atoms with Crippen LogP contribution in [0.1, 0.15) is 141 Å². The SMILES string of the molecule is CC(C)P(=O)(c1ccccc1)c1ccccc1.CC(C)c1ccc(-c2nc(-c3ccccc3)nc(-c3ccccc3)n2)cc1.CC(C)c1ccc(-c2nc(-c3cccs3)nc(-c3cccs3)n2)cc1.CC(C)c1ccc(-c2nc3ccccc3n2-c2ccccc2)cc1.CC(C)c1ccc(P(=O)(c2ccccc2)c2ccccc2)cc1.CC(C)c1nc2ccccc2n1-c1ccccc1. The monoisotopic (exact) mass is 1830 g/mol. The number of para-hydroxylation sites is 6.